The molecule has 1 saturated heterocycles. The number of amides is 2. The van der Waals surface area contributed by atoms with Crippen molar-refractivity contribution in [2.75, 3.05) is 25.6 Å². The molecule has 1 aromatic carbocycles. The third kappa shape index (κ3) is 5.52. The van der Waals surface area contributed by atoms with Crippen LogP contribution in [0, 0.1) is 5.92 Å². The van der Waals surface area contributed by atoms with Crippen LogP contribution in [-0.2, 0) is 25.8 Å². The van der Waals surface area contributed by atoms with E-state index in [0.717, 1.165) is 16.5 Å². The van der Waals surface area contributed by atoms with Crippen molar-refractivity contribution in [1.29, 1.82) is 0 Å². The lowest BCUT2D eigenvalue weighted by Gasteiger charge is -2.23. The summed E-state index contributed by atoms with van der Waals surface area (Å²) in [5, 5.41) is 12.4. The second-order valence-corrected chi connectivity index (χ2v) is 8.77. The minimum atomic E-state index is -0.369. The Morgan fingerprint density at radius 3 is 2.89 bits per heavy atom. The fourth-order valence-electron chi connectivity index (χ4n) is 3.06. The summed E-state index contributed by atoms with van der Waals surface area (Å²) >= 11 is 3.14. The van der Waals surface area contributed by atoms with Gasteiger partial charge in [0.25, 0.3) is 0 Å². The first-order valence-electron chi connectivity index (χ1n) is 9.10. The van der Waals surface area contributed by atoms with Crippen LogP contribution in [0.1, 0.15) is 23.9 Å². The summed E-state index contributed by atoms with van der Waals surface area (Å²) in [6.45, 7) is 2.79. The van der Waals surface area contributed by atoms with Crippen LogP contribution < -0.4 is 5.32 Å². The van der Waals surface area contributed by atoms with E-state index in [1.54, 1.807) is 23.8 Å². The molecule has 2 heterocycles. The van der Waals surface area contributed by atoms with Crippen molar-refractivity contribution in [3.63, 3.8) is 0 Å². The topological polar surface area (TPSA) is 84.4 Å². The van der Waals surface area contributed by atoms with Gasteiger partial charge in [-0.15, -0.1) is 22.0 Å². The second kappa shape index (κ2) is 9.99. The summed E-state index contributed by atoms with van der Waals surface area (Å²) in [4.78, 5) is 26.4. The molecular formula is C19H24N4O3S2. The number of hydrogen-bond donors (Lipinski definition) is 1. The molecular weight excluding hydrogens is 396 g/mol. The number of nitrogens with one attached hydrogen (secondary N) is 1. The lowest BCUT2D eigenvalue weighted by atomic mass is 10.1. The summed E-state index contributed by atoms with van der Waals surface area (Å²) in [6.07, 6.45) is 0.221. The van der Waals surface area contributed by atoms with E-state index < -0.39 is 0 Å². The average molecular weight is 421 g/mol. The largest absolute Gasteiger partial charge is 0.383 e. The van der Waals surface area contributed by atoms with E-state index in [4.69, 9.17) is 4.74 Å². The number of likely N-dealkylation sites (tertiary alicyclic amines) is 1. The maximum Gasteiger partial charge on any atom is 0.231 e. The van der Waals surface area contributed by atoms with E-state index in [2.05, 4.69) is 27.6 Å². The third-order valence-corrected chi connectivity index (χ3v) is 6.54. The molecule has 0 unspecified atom stereocenters. The van der Waals surface area contributed by atoms with E-state index in [-0.39, 0.29) is 30.2 Å². The molecule has 7 nitrogen and oxygen atoms in total. The summed E-state index contributed by atoms with van der Waals surface area (Å²) in [5.74, 6) is 1.08. The van der Waals surface area contributed by atoms with Gasteiger partial charge in [-0.2, -0.15) is 0 Å². The van der Waals surface area contributed by atoms with Crippen LogP contribution in [0.3, 0.4) is 0 Å². The Morgan fingerprint density at radius 1 is 1.36 bits per heavy atom. The highest BCUT2D eigenvalue weighted by atomic mass is 32.2. The molecule has 0 spiro atoms. The van der Waals surface area contributed by atoms with Crippen LogP contribution >= 0.6 is 23.1 Å². The van der Waals surface area contributed by atoms with Gasteiger partial charge in [-0.05, 0) is 12.5 Å². The monoisotopic (exact) mass is 420 g/mol. The lowest BCUT2D eigenvalue weighted by Crippen LogP contribution is -2.38. The van der Waals surface area contributed by atoms with Crippen LogP contribution in [0.25, 0.3) is 0 Å². The first-order chi connectivity index (χ1) is 13.6. The molecule has 150 valence electrons. The number of thioether (sulfide) groups is 1. The summed E-state index contributed by atoms with van der Waals surface area (Å²) in [7, 11) is 1.60. The number of benzene rings is 1. The molecule has 9 heteroatoms. The Hall–Kier alpha value is -1.97. The van der Waals surface area contributed by atoms with Crippen molar-refractivity contribution in [2.24, 2.45) is 5.92 Å². The number of nitrogens with zero attached hydrogens (tertiary/aromatic N) is 3. The zero-order chi connectivity index (χ0) is 19.9. The van der Waals surface area contributed by atoms with Crippen LogP contribution in [-0.4, -0.2) is 53.2 Å². The average Bonchev–Trinajstić information content (AvgIpc) is 3.29. The minimum Gasteiger partial charge on any atom is -0.383 e. The highest BCUT2D eigenvalue weighted by Crippen LogP contribution is 2.25. The number of hydrogen-bond acceptors (Lipinski definition) is 7. The van der Waals surface area contributed by atoms with Gasteiger partial charge in [0.05, 0.1) is 18.6 Å². The van der Waals surface area contributed by atoms with Crippen molar-refractivity contribution in [3.05, 3.63) is 40.9 Å². The first-order valence-corrected chi connectivity index (χ1v) is 11.1. The molecule has 1 aliphatic heterocycles. The molecule has 1 N–H and O–H groups in total. The van der Waals surface area contributed by atoms with E-state index in [1.165, 1.54) is 16.9 Å². The maximum atomic E-state index is 12.5. The fraction of sp³-hybridized carbons (Fsp3) is 0.474. The lowest BCUT2D eigenvalue weighted by molar-refractivity contribution is -0.130. The van der Waals surface area contributed by atoms with E-state index >= 15 is 0 Å². The van der Waals surface area contributed by atoms with Crippen LogP contribution in [0.15, 0.2) is 30.3 Å². The Balaban J connectivity index is 1.47. The van der Waals surface area contributed by atoms with Crippen molar-refractivity contribution in [2.45, 2.75) is 30.9 Å². The number of anilines is 1. The number of carbonyl (C=O) groups excluding carboxylic acids is 2. The van der Waals surface area contributed by atoms with Crippen molar-refractivity contribution in [1.82, 2.24) is 15.1 Å². The highest BCUT2D eigenvalue weighted by Gasteiger charge is 2.36. The number of ether oxygens (including phenoxy) is 1. The summed E-state index contributed by atoms with van der Waals surface area (Å²) in [5.41, 5.74) is 1.27. The predicted molar refractivity (Wildman–Crippen MR) is 111 cm³/mol. The fourth-order valence-corrected chi connectivity index (χ4v) is 4.85. The molecule has 2 amide bonds. The van der Waals surface area contributed by atoms with E-state index in [9.17, 15) is 9.59 Å². The summed E-state index contributed by atoms with van der Waals surface area (Å²) < 4.78 is 5.11. The van der Waals surface area contributed by atoms with Crippen molar-refractivity contribution < 1.29 is 14.3 Å². The zero-order valence-corrected chi connectivity index (χ0v) is 17.6. The molecule has 1 aliphatic rings. The SMILES string of the molecule is COC[C@H](C)N1C[C@H](C(=O)Nc2nnc(CSCc3ccccc3)s2)CC1=O. The molecule has 2 aromatic rings. The third-order valence-electron chi connectivity index (χ3n) is 4.50. The van der Waals surface area contributed by atoms with Crippen LogP contribution in [0.5, 0.6) is 0 Å². The van der Waals surface area contributed by atoms with Gasteiger partial charge in [0, 0.05) is 31.6 Å². The number of carbonyl (C=O) groups is 2. The van der Waals surface area contributed by atoms with Gasteiger partial charge in [0.15, 0.2) is 0 Å². The molecule has 0 radical (unpaired) electrons. The van der Waals surface area contributed by atoms with Gasteiger partial charge in [-0.1, -0.05) is 41.7 Å². The normalized spacial score (nSPS) is 17.7. The van der Waals surface area contributed by atoms with Gasteiger partial charge < -0.3 is 15.0 Å². The zero-order valence-electron chi connectivity index (χ0n) is 16.0. The predicted octanol–water partition coefficient (Wildman–Crippen LogP) is 2.79. The number of aromatic nitrogens is 2. The smallest absolute Gasteiger partial charge is 0.231 e. The Morgan fingerprint density at radius 2 is 2.14 bits per heavy atom. The van der Waals surface area contributed by atoms with Gasteiger partial charge in [0.1, 0.15) is 5.01 Å². The standard InChI is InChI=1S/C19H24N4O3S2/c1-13(10-26-2)23-9-15(8-17(23)24)18(25)20-19-22-21-16(28-19)12-27-11-14-6-4-3-5-7-14/h3-7,13,15H,8-12H2,1-2H3,(H,20,22,25)/t13-,15+/m0/s1. The van der Waals surface area contributed by atoms with Gasteiger partial charge in [-0.3, -0.25) is 9.59 Å². The number of methoxy groups -OCH3 is 1. The summed E-state index contributed by atoms with van der Waals surface area (Å²) in [6, 6.07) is 10.2. The number of rotatable bonds is 9. The van der Waals surface area contributed by atoms with Crippen molar-refractivity contribution >= 4 is 40.0 Å². The Bertz CT molecular complexity index is 799. The van der Waals surface area contributed by atoms with E-state index in [0.29, 0.717) is 18.3 Å². The Labute approximate surface area is 172 Å². The van der Waals surface area contributed by atoms with Crippen LogP contribution in [0.4, 0.5) is 5.13 Å². The minimum absolute atomic E-state index is 0.0139. The molecule has 0 saturated carbocycles. The molecule has 1 fully saturated rings. The first kappa shape index (κ1) is 20.8. The Kier molecular flexibility index (Phi) is 7.41. The molecule has 0 aliphatic carbocycles. The second-order valence-electron chi connectivity index (χ2n) is 6.72. The van der Waals surface area contributed by atoms with Crippen molar-refractivity contribution in [3.8, 4) is 0 Å². The molecule has 2 atom stereocenters. The quantitative estimate of drug-likeness (QED) is 0.672. The molecule has 1 aromatic heterocycles. The molecule has 28 heavy (non-hydrogen) atoms. The highest BCUT2D eigenvalue weighted by molar-refractivity contribution is 7.97. The maximum absolute atomic E-state index is 12.5. The van der Waals surface area contributed by atoms with Crippen LogP contribution in [0.2, 0.25) is 0 Å². The molecule has 3 rings (SSSR count). The van der Waals surface area contributed by atoms with Gasteiger partial charge in [-0.25, -0.2) is 0 Å². The van der Waals surface area contributed by atoms with Gasteiger partial charge >= 0.3 is 0 Å². The molecule has 0 bridgehead atoms. The van der Waals surface area contributed by atoms with Gasteiger partial charge in [0.2, 0.25) is 16.9 Å². The van der Waals surface area contributed by atoms with E-state index in [1.807, 2.05) is 25.1 Å².